The molecule has 22 heavy (non-hydrogen) atoms. The lowest BCUT2D eigenvalue weighted by Crippen LogP contribution is -2.52. The molecule has 1 saturated heterocycles. The third-order valence-electron chi connectivity index (χ3n) is 3.61. The summed E-state index contributed by atoms with van der Waals surface area (Å²) in [5.41, 5.74) is 1.01. The number of rotatable bonds is 3. The first-order chi connectivity index (χ1) is 10.1. The van der Waals surface area contributed by atoms with E-state index in [0.717, 1.165) is 50.8 Å². The van der Waals surface area contributed by atoms with Crippen LogP contribution < -0.4 is 5.32 Å². The molecule has 0 radical (unpaired) electrons. The van der Waals surface area contributed by atoms with Gasteiger partial charge in [-0.15, -0.1) is 24.0 Å². The van der Waals surface area contributed by atoms with Crippen molar-refractivity contribution in [3.63, 3.8) is 0 Å². The van der Waals surface area contributed by atoms with Gasteiger partial charge in [-0.3, -0.25) is 9.89 Å². The molecule has 1 aliphatic rings. The van der Waals surface area contributed by atoms with Crippen LogP contribution in [0.1, 0.15) is 12.5 Å². The first-order valence-corrected chi connectivity index (χ1v) is 8.05. The van der Waals surface area contributed by atoms with E-state index >= 15 is 0 Å². The second-order valence-electron chi connectivity index (χ2n) is 5.09. The summed E-state index contributed by atoms with van der Waals surface area (Å²) in [6, 6.07) is 5.35. The van der Waals surface area contributed by atoms with E-state index in [1.54, 1.807) is 12.1 Å². The number of halogens is 3. The summed E-state index contributed by atoms with van der Waals surface area (Å²) >= 11 is 3.19. The van der Waals surface area contributed by atoms with Crippen LogP contribution in [0, 0.1) is 5.82 Å². The summed E-state index contributed by atoms with van der Waals surface area (Å²) in [4.78, 5) is 8.90. The highest BCUT2D eigenvalue weighted by Crippen LogP contribution is 2.18. The second-order valence-corrected chi connectivity index (χ2v) is 5.94. The fourth-order valence-electron chi connectivity index (χ4n) is 2.50. The molecule has 0 spiro atoms. The van der Waals surface area contributed by atoms with Crippen LogP contribution in [0.15, 0.2) is 27.7 Å². The molecule has 4 nitrogen and oxygen atoms in total. The number of piperazine rings is 1. The maximum Gasteiger partial charge on any atom is 0.193 e. The van der Waals surface area contributed by atoms with E-state index in [2.05, 4.69) is 43.0 Å². The van der Waals surface area contributed by atoms with Gasteiger partial charge in [0.05, 0.1) is 4.47 Å². The summed E-state index contributed by atoms with van der Waals surface area (Å²) in [6.07, 6.45) is 0. The van der Waals surface area contributed by atoms with Crippen LogP contribution in [0.25, 0.3) is 0 Å². The standard InChI is InChI=1S/C15H22BrFN4.HI/c1-3-19-15(18-2)21-8-6-20(7-9-21)11-12-4-5-13(16)14(17)10-12;/h4-5,10H,3,6-9,11H2,1-2H3,(H,18,19);1H. The molecule has 7 heteroatoms. The second kappa shape index (κ2) is 9.67. The highest BCUT2D eigenvalue weighted by Gasteiger charge is 2.19. The maximum absolute atomic E-state index is 13.5. The van der Waals surface area contributed by atoms with Gasteiger partial charge in [0.15, 0.2) is 5.96 Å². The van der Waals surface area contributed by atoms with E-state index in [9.17, 15) is 4.39 Å². The van der Waals surface area contributed by atoms with Gasteiger partial charge in [0.1, 0.15) is 5.82 Å². The summed E-state index contributed by atoms with van der Waals surface area (Å²) in [6.45, 7) is 7.55. The highest BCUT2D eigenvalue weighted by molar-refractivity contribution is 14.0. The van der Waals surface area contributed by atoms with Crippen LogP contribution >= 0.6 is 39.9 Å². The van der Waals surface area contributed by atoms with Gasteiger partial charge in [-0.05, 0) is 40.5 Å². The van der Waals surface area contributed by atoms with Crippen LogP contribution in [0.3, 0.4) is 0 Å². The molecule has 1 N–H and O–H groups in total. The van der Waals surface area contributed by atoms with Crippen molar-refractivity contribution in [1.82, 2.24) is 15.1 Å². The Hall–Kier alpha value is -0.410. The minimum Gasteiger partial charge on any atom is -0.357 e. The Kier molecular flexibility index (Phi) is 8.63. The van der Waals surface area contributed by atoms with Crippen LogP contribution in [0.4, 0.5) is 4.39 Å². The molecule has 0 aliphatic carbocycles. The quantitative estimate of drug-likeness (QED) is 0.406. The number of benzene rings is 1. The Balaban J connectivity index is 0.00000242. The molecule has 1 aromatic carbocycles. The van der Waals surface area contributed by atoms with Crippen molar-refractivity contribution >= 4 is 45.9 Å². The SMILES string of the molecule is CCNC(=NC)N1CCN(Cc2ccc(Br)c(F)c2)CC1.I. The Morgan fingerprint density at radius 3 is 2.55 bits per heavy atom. The number of guanidine groups is 1. The fourth-order valence-corrected chi connectivity index (χ4v) is 2.75. The van der Waals surface area contributed by atoms with Gasteiger partial charge in [-0.1, -0.05) is 6.07 Å². The first kappa shape index (κ1) is 19.6. The largest absolute Gasteiger partial charge is 0.357 e. The van der Waals surface area contributed by atoms with Gasteiger partial charge in [0.2, 0.25) is 0 Å². The molecule has 1 aromatic rings. The van der Waals surface area contributed by atoms with E-state index in [0.29, 0.717) is 4.47 Å². The molecule has 2 rings (SSSR count). The zero-order valence-electron chi connectivity index (χ0n) is 13.0. The summed E-state index contributed by atoms with van der Waals surface area (Å²) in [7, 11) is 1.81. The molecular formula is C15H23BrFIN4. The molecule has 124 valence electrons. The van der Waals surface area contributed by atoms with Crippen molar-refractivity contribution in [2.75, 3.05) is 39.8 Å². The molecule has 0 saturated carbocycles. The van der Waals surface area contributed by atoms with Crippen molar-refractivity contribution < 1.29 is 4.39 Å². The van der Waals surface area contributed by atoms with Crippen molar-refractivity contribution in [2.24, 2.45) is 4.99 Å². The third kappa shape index (κ3) is 5.34. The van der Waals surface area contributed by atoms with Crippen molar-refractivity contribution in [3.8, 4) is 0 Å². The predicted octanol–water partition coefficient (Wildman–Crippen LogP) is 2.92. The summed E-state index contributed by atoms with van der Waals surface area (Å²) in [5, 5.41) is 3.28. The third-order valence-corrected chi connectivity index (χ3v) is 4.25. The molecule has 1 heterocycles. The van der Waals surface area contributed by atoms with Gasteiger partial charge >= 0.3 is 0 Å². The number of hydrogen-bond donors (Lipinski definition) is 1. The van der Waals surface area contributed by atoms with Crippen molar-refractivity contribution in [3.05, 3.63) is 34.1 Å². The lowest BCUT2D eigenvalue weighted by Gasteiger charge is -2.36. The van der Waals surface area contributed by atoms with Crippen LogP contribution in [-0.4, -0.2) is 55.5 Å². The Labute approximate surface area is 157 Å². The van der Waals surface area contributed by atoms with Crippen LogP contribution in [-0.2, 0) is 6.54 Å². The normalized spacial score (nSPS) is 16.4. The molecule has 0 amide bonds. The predicted molar refractivity (Wildman–Crippen MR) is 103 cm³/mol. The van der Waals surface area contributed by atoms with Crippen LogP contribution in [0.5, 0.6) is 0 Å². The number of hydrogen-bond acceptors (Lipinski definition) is 2. The average molecular weight is 485 g/mol. The summed E-state index contributed by atoms with van der Waals surface area (Å²) in [5.74, 6) is 0.769. The lowest BCUT2D eigenvalue weighted by molar-refractivity contribution is 0.172. The van der Waals surface area contributed by atoms with E-state index in [1.807, 2.05) is 13.1 Å². The molecule has 1 aliphatic heterocycles. The lowest BCUT2D eigenvalue weighted by atomic mass is 10.2. The minimum atomic E-state index is -0.196. The van der Waals surface area contributed by atoms with E-state index in [4.69, 9.17) is 0 Å². The molecule has 0 atom stereocenters. The summed E-state index contributed by atoms with van der Waals surface area (Å²) < 4.78 is 14.1. The highest BCUT2D eigenvalue weighted by atomic mass is 127. The molecule has 0 aromatic heterocycles. The smallest absolute Gasteiger partial charge is 0.193 e. The Bertz CT molecular complexity index is 504. The van der Waals surface area contributed by atoms with E-state index in [-0.39, 0.29) is 29.8 Å². The zero-order chi connectivity index (χ0) is 15.2. The monoisotopic (exact) mass is 484 g/mol. The van der Waals surface area contributed by atoms with Crippen molar-refractivity contribution in [1.29, 1.82) is 0 Å². The number of aliphatic imine (C=N–C) groups is 1. The van der Waals surface area contributed by atoms with E-state index in [1.165, 1.54) is 0 Å². The first-order valence-electron chi connectivity index (χ1n) is 7.26. The molecular weight excluding hydrogens is 462 g/mol. The zero-order valence-corrected chi connectivity index (χ0v) is 16.9. The number of nitrogens with one attached hydrogen (secondary N) is 1. The Morgan fingerprint density at radius 1 is 1.32 bits per heavy atom. The van der Waals surface area contributed by atoms with E-state index < -0.39 is 0 Å². The van der Waals surface area contributed by atoms with Crippen molar-refractivity contribution in [2.45, 2.75) is 13.5 Å². The van der Waals surface area contributed by atoms with Gasteiger partial charge < -0.3 is 10.2 Å². The van der Waals surface area contributed by atoms with Gasteiger partial charge in [-0.25, -0.2) is 4.39 Å². The molecule has 0 unspecified atom stereocenters. The van der Waals surface area contributed by atoms with Gasteiger partial charge in [0, 0.05) is 46.3 Å². The van der Waals surface area contributed by atoms with Crippen LogP contribution in [0.2, 0.25) is 0 Å². The fraction of sp³-hybridized carbons (Fsp3) is 0.533. The molecule has 1 fully saturated rings. The number of nitrogens with zero attached hydrogens (tertiary/aromatic N) is 3. The van der Waals surface area contributed by atoms with Gasteiger partial charge in [-0.2, -0.15) is 0 Å². The average Bonchev–Trinajstić information content (AvgIpc) is 2.49. The minimum absolute atomic E-state index is 0. The van der Waals surface area contributed by atoms with Gasteiger partial charge in [0.25, 0.3) is 0 Å². The topological polar surface area (TPSA) is 30.9 Å². The Morgan fingerprint density at radius 2 is 2.00 bits per heavy atom. The maximum atomic E-state index is 13.5. The molecule has 0 bridgehead atoms.